The van der Waals surface area contributed by atoms with E-state index in [0.717, 1.165) is 13.0 Å². The quantitative estimate of drug-likeness (QED) is 0.849. The molecule has 2 aromatic rings. The van der Waals surface area contributed by atoms with Gasteiger partial charge in [-0.2, -0.15) is 0 Å². The van der Waals surface area contributed by atoms with E-state index in [1.807, 2.05) is 7.05 Å². The van der Waals surface area contributed by atoms with Gasteiger partial charge in [-0.1, -0.05) is 75.4 Å². The Morgan fingerprint density at radius 2 is 1.52 bits per heavy atom. The molecule has 2 aromatic carbocycles. The highest BCUT2D eigenvalue weighted by Gasteiger charge is 2.15. The SMILES string of the molecule is CNCC(Cc1ccc(C(C)(C)C)cc1)c1ccccc1. The second kappa shape index (κ2) is 6.91. The molecule has 21 heavy (non-hydrogen) atoms. The van der Waals surface area contributed by atoms with E-state index in [1.165, 1.54) is 16.7 Å². The third kappa shape index (κ3) is 4.44. The van der Waals surface area contributed by atoms with Crippen LogP contribution in [0.15, 0.2) is 54.6 Å². The molecule has 1 heteroatoms. The van der Waals surface area contributed by atoms with Gasteiger partial charge in [0.15, 0.2) is 0 Å². The van der Waals surface area contributed by atoms with E-state index in [-0.39, 0.29) is 5.41 Å². The first-order valence-corrected chi connectivity index (χ1v) is 7.79. The summed E-state index contributed by atoms with van der Waals surface area (Å²) < 4.78 is 0. The molecule has 0 aliphatic rings. The molecular weight excluding hydrogens is 254 g/mol. The van der Waals surface area contributed by atoms with Gasteiger partial charge in [0.25, 0.3) is 0 Å². The van der Waals surface area contributed by atoms with Crippen LogP contribution in [0, 0.1) is 0 Å². The highest BCUT2D eigenvalue weighted by molar-refractivity contribution is 5.30. The maximum absolute atomic E-state index is 3.32. The minimum Gasteiger partial charge on any atom is -0.319 e. The van der Waals surface area contributed by atoms with Gasteiger partial charge in [-0.25, -0.2) is 0 Å². The molecule has 0 aliphatic heterocycles. The van der Waals surface area contributed by atoms with Gasteiger partial charge < -0.3 is 5.32 Å². The molecule has 1 nitrogen and oxygen atoms in total. The fourth-order valence-electron chi connectivity index (χ4n) is 2.70. The molecule has 1 N–H and O–H groups in total. The molecule has 0 fully saturated rings. The Bertz CT molecular complexity index is 534. The van der Waals surface area contributed by atoms with E-state index in [9.17, 15) is 0 Å². The van der Waals surface area contributed by atoms with E-state index in [2.05, 4.69) is 80.7 Å². The van der Waals surface area contributed by atoms with Crippen molar-refractivity contribution >= 4 is 0 Å². The van der Waals surface area contributed by atoms with Gasteiger partial charge in [-0.15, -0.1) is 0 Å². The smallest absolute Gasteiger partial charge is 0.00203 e. The molecule has 112 valence electrons. The standard InChI is InChI=1S/C20H27N/c1-20(2,3)19-12-10-16(11-13-19)14-18(15-21-4)17-8-6-5-7-9-17/h5-13,18,21H,14-15H2,1-4H3. The maximum atomic E-state index is 3.32. The fourth-order valence-corrected chi connectivity index (χ4v) is 2.70. The van der Waals surface area contributed by atoms with Crippen molar-refractivity contribution in [3.63, 3.8) is 0 Å². The molecule has 1 atom stereocenters. The maximum Gasteiger partial charge on any atom is 0.00203 e. The highest BCUT2D eigenvalue weighted by atomic mass is 14.8. The fraction of sp³-hybridized carbons (Fsp3) is 0.400. The lowest BCUT2D eigenvalue weighted by Gasteiger charge is -2.21. The van der Waals surface area contributed by atoms with Crippen molar-refractivity contribution in [3.8, 4) is 0 Å². The topological polar surface area (TPSA) is 12.0 Å². The zero-order valence-electron chi connectivity index (χ0n) is 13.7. The van der Waals surface area contributed by atoms with Gasteiger partial charge in [0, 0.05) is 12.5 Å². The summed E-state index contributed by atoms with van der Waals surface area (Å²) in [6.07, 6.45) is 1.08. The molecule has 0 radical (unpaired) electrons. The van der Waals surface area contributed by atoms with Crippen molar-refractivity contribution in [3.05, 3.63) is 71.3 Å². The van der Waals surface area contributed by atoms with Crippen molar-refractivity contribution in [2.24, 2.45) is 0 Å². The van der Waals surface area contributed by atoms with Crippen molar-refractivity contribution in [1.29, 1.82) is 0 Å². The lowest BCUT2D eigenvalue weighted by Crippen LogP contribution is -2.19. The van der Waals surface area contributed by atoms with E-state index in [1.54, 1.807) is 0 Å². The van der Waals surface area contributed by atoms with Crippen LogP contribution in [0.4, 0.5) is 0 Å². The predicted octanol–water partition coefficient (Wildman–Crippen LogP) is 4.53. The van der Waals surface area contributed by atoms with Crippen molar-refractivity contribution in [1.82, 2.24) is 5.32 Å². The Labute approximate surface area is 129 Å². The molecule has 1 unspecified atom stereocenters. The number of hydrogen-bond donors (Lipinski definition) is 1. The van der Waals surface area contributed by atoms with E-state index >= 15 is 0 Å². The van der Waals surface area contributed by atoms with Gasteiger partial charge in [-0.05, 0) is 35.6 Å². The van der Waals surface area contributed by atoms with Crippen molar-refractivity contribution < 1.29 is 0 Å². The van der Waals surface area contributed by atoms with Gasteiger partial charge in [0.2, 0.25) is 0 Å². The average Bonchev–Trinajstić information content (AvgIpc) is 2.47. The van der Waals surface area contributed by atoms with E-state index in [4.69, 9.17) is 0 Å². The summed E-state index contributed by atoms with van der Waals surface area (Å²) in [6.45, 7) is 7.78. The van der Waals surface area contributed by atoms with Gasteiger partial charge >= 0.3 is 0 Å². The molecule has 0 aromatic heterocycles. The molecule has 2 rings (SSSR count). The molecule has 0 aliphatic carbocycles. The van der Waals surface area contributed by atoms with E-state index < -0.39 is 0 Å². The minimum atomic E-state index is 0.225. The van der Waals surface area contributed by atoms with E-state index in [0.29, 0.717) is 5.92 Å². The molecule has 0 bridgehead atoms. The van der Waals surface area contributed by atoms with Crippen LogP contribution in [0.1, 0.15) is 43.4 Å². The Hall–Kier alpha value is -1.60. The lowest BCUT2D eigenvalue weighted by atomic mass is 9.85. The first kappa shape index (κ1) is 15.8. The molecule has 0 spiro atoms. The van der Waals surface area contributed by atoms with Crippen LogP contribution in [0.2, 0.25) is 0 Å². The number of benzene rings is 2. The molecule has 0 amide bonds. The third-order valence-electron chi connectivity index (χ3n) is 4.02. The average molecular weight is 281 g/mol. The minimum absolute atomic E-state index is 0.225. The van der Waals surface area contributed by atoms with Crippen LogP contribution >= 0.6 is 0 Å². The lowest BCUT2D eigenvalue weighted by molar-refractivity contribution is 0.588. The second-order valence-corrected chi connectivity index (χ2v) is 6.82. The first-order chi connectivity index (χ1) is 10.0. The van der Waals surface area contributed by atoms with Gasteiger partial charge in [0.1, 0.15) is 0 Å². The predicted molar refractivity (Wildman–Crippen MR) is 92.0 cm³/mol. The number of rotatable bonds is 5. The summed E-state index contributed by atoms with van der Waals surface area (Å²) in [5.41, 5.74) is 4.44. The monoisotopic (exact) mass is 281 g/mol. The zero-order chi connectivity index (χ0) is 15.3. The zero-order valence-corrected chi connectivity index (χ0v) is 13.7. The highest BCUT2D eigenvalue weighted by Crippen LogP contribution is 2.25. The van der Waals surface area contributed by atoms with Crippen LogP contribution in [-0.4, -0.2) is 13.6 Å². The summed E-state index contributed by atoms with van der Waals surface area (Å²) in [5, 5.41) is 3.32. The number of hydrogen-bond acceptors (Lipinski definition) is 1. The van der Waals surface area contributed by atoms with Crippen LogP contribution in [0.25, 0.3) is 0 Å². The van der Waals surface area contributed by atoms with Crippen LogP contribution < -0.4 is 5.32 Å². The number of nitrogens with one attached hydrogen (secondary N) is 1. The molecule has 0 saturated carbocycles. The second-order valence-electron chi connectivity index (χ2n) is 6.82. The van der Waals surface area contributed by atoms with Crippen molar-refractivity contribution in [2.45, 2.75) is 38.5 Å². The van der Waals surface area contributed by atoms with Crippen molar-refractivity contribution in [2.75, 3.05) is 13.6 Å². The summed E-state index contributed by atoms with van der Waals surface area (Å²) in [5.74, 6) is 0.525. The Morgan fingerprint density at radius 3 is 2.05 bits per heavy atom. The summed E-state index contributed by atoms with van der Waals surface area (Å²) in [7, 11) is 2.03. The Balaban J connectivity index is 2.14. The Morgan fingerprint density at radius 1 is 0.905 bits per heavy atom. The molecule has 0 saturated heterocycles. The van der Waals surface area contributed by atoms with Gasteiger partial charge in [0.05, 0.1) is 0 Å². The van der Waals surface area contributed by atoms with Crippen LogP contribution in [-0.2, 0) is 11.8 Å². The van der Waals surface area contributed by atoms with Gasteiger partial charge in [-0.3, -0.25) is 0 Å². The molecular formula is C20H27N. The largest absolute Gasteiger partial charge is 0.319 e. The molecule has 0 heterocycles. The van der Waals surface area contributed by atoms with Crippen LogP contribution in [0.3, 0.4) is 0 Å². The van der Waals surface area contributed by atoms with Crippen LogP contribution in [0.5, 0.6) is 0 Å². The number of likely N-dealkylation sites (N-methyl/N-ethyl adjacent to an activating group) is 1. The Kier molecular flexibility index (Phi) is 5.19. The first-order valence-electron chi connectivity index (χ1n) is 7.79. The third-order valence-corrected chi connectivity index (χ3v) is 4.02. The summed E-state index contributed by atoms with van der Waals surface area (Å²) >= 11 is 0. The normalized spacial score (nSPS) is 13.1. The summed E-state index contributed by atoms with van der Waals surface area (Å²) in [6, 6.07) is 19.9. The summed E-state index contributed by atoms with van der Waals surface area (Å²) in [4.78, 5) is 0.